The van der Waals surface area contributed by atoms with E-state index in [2.05, 4.69) is 25.9 Å². The van der Waals surface area contributed by atoms with E-state index in [1.165, 1.54) is 11.8 Å². The molecule has 3 heterocycles. The SMILES string of the molecule is Cn1nnnc1SCCNC(=O)c1cnn2c1CCCC2. The Hall–Kier alpha value is -1.90. The van der Waals surface area contributed by atoms with Gasteiger partial charge in [-0.05, 0) is 29.7 Å². The summed E-state index contributed by atoms with van der Waals surface area (Å²) in [7, 11) is 1.79. The number of carbonyl (C=O) groups excluding carboxylic acids is 1. The fourth-order valence-corrected chi connectivity index (χ4v) is 3.06. The number of hydrogen-bond acceptors (Lipinski definition) is 6. The molecule has 0 saturated carbocycles. The molecule has 0 aromatic carbocycles. The van der Waals surface area contributed by atoms with Gasteiger partial charge in [-0.25, -0.2) is 4.68 Å². The summed E-state index contributed by atoms with van der Waals surface area (Å²) in [6.45, 7) is 1.48. The highest BCUT2D eigenvalue weighted by Crippen LogP contribution is 2.18. The van der Waals surface area contributed by atoms with Gasteiger partial charge in [0.05, 0.1) is 17.5 Å². The maximum atomic E-state index is 12.2. The maximum Gasteiger partial charge on any atom is 0.254 e. The molecule has 1 amide bonds. The van der Waals surface area contributed by atoms with Crippen molar-refractivity contribution in [2.75, 3.05) is 12.3 Å². The number of hydrogen-bond donors (Lipinski definition) is 1. The Balaban J connectivity index is 1.50. The normalized spacial score (nSPS) is 14.0. The Morgan fingerprint density at radius 2 is 2.38 bits per heavy atom. The van der Waals surface area contributed by atoms with Crippen LogP contribution >= 0.6 is 11.8 Å². The van der Waals surface area contributed by atoms with Gasteiger partial charge in [-0.2, -0.15) is 5.10 Å². The number of nitrogens with one attached hydrogen (secondary N) is 1. The van der Waals surface area contributed by atoms with E-state index in [1.807, 2.05) is 4.68 Å². The van der Waals surface area contributed by atoms with Crippen LogP contribution in [0.4, 0.5) is 0 Å². The molecule has 0 spiro atoms. The van der Waals surface area contributed by atoms with Crippen LogP contribution in [0.3, 0.4) is 0 Å². The molecule has 8 nitrogen and oxygen atoms in total. The van der Waals surface area contributed by atoms with Gasteiger partial charge in [0.25, 0.3) is 5.91 Å². The van der Waals surface area contributed by atoms with E-state index in [0.29, 0.717) is 12.1 Å². The lowest BCUT2D eigenvalue weighted by Gasteiger charge is -2.14. The summed E-state index contributed by atoms with van der Waals surface area (Å²) in [6.07, 6.45) is 4.87. The standard InChI is InChI=1S/C12H17N7OS/c1-18-12(15-16-17-18)21-7-5-13-11(20)9-8-14-19-6-3-2-4-10(9)19/h8H,2-7H2,1H3,(H,13,20). The largest absolute Gasteiger partial charge is 0.351 e. The zero-order valence-corrected chi connectivity index (χ0v) is 12.6. The van der Waals surface area contributed by atoms with E-state index < -0.39 is 0 Å². The number of carbonyl (C=O) groups is 1. The van der Waals surface area contributed by atoms with Crippen molar-refractivity contribution in [3.8, 4) is 0 Å². The first kappa shape index (κ1) is 14.1. The second-order valence-electron chi connectivity index (χ2n) is 4.87. The lowest BCUT2D eigenvalue weighted by Crippen LogP contribution is -2.27. The molecule has 9 heteroatoms. The minimum absolute atomic E-state index is 0.0464. The lowest BCUT2D eigenvalue weighted by molar-refractivity contribution is 0.0955. The summed E-state index contributed by atoms with van der Waals surface area (Å²) in [6, 6.07) is 0. The minimum Gasteiger partial charge on any atom is -0.351 e. The average Bonchev–Trinajstić information content (AvgIpc) is 3.10. The molecule has 0 aliphatic carbocycles. The van der Waals surface area contributed by atoms with Gasteiger partial charge in [0, 0.05) is 25.9 Å². The number of thioether (sulfide) groups is 1. The van der Waals surface area contributed by atoms with Crippen LogP contribution in [0.5, 0.6) is 0 Å². The van der Waals surface area contributed by atoms with Crippen molar-refractivity contribution in [1.82, 2.24) is 35.3 Å². The van der Waals surface area contributed by atoms with Crippen LogP contribution in [0.25, 0.3) is 0 Å². The highest BCUT2D eigenvalue weighted by Gasteiger charge is 2.19. The smallest absolute Gasteiger partial charge is 0.254 e. The lowest BCUT2D eigenvalue weighted by atomic mass is 10.1. The van der Waals surface area contributed by atoms with Crippen LogP contribution < -0.4 is 5.32 Å². The van der Waals surface area contributed by atoms with Gasteiger partial charge in [0.1, 0.15) is 0 Å². The van der Waals surface area contributed by atoms with Crippen molar-refractivity contribution in [1.29, 1.82) is 0 Å². The first-order chi connectivity index (χ1) is 10.3. The van der Waals surface area contributed by atoms with Crippen LogP contribution in [0.15, 0.2) is 11.4 Å². The van der Waals surface area contributed by atoms with E-state index in [1.54, 1.807) is 17.9 Å². The molecule has 1 N–H and O–H groups in total. The van der Waals surface area contributed by atoms with E-state index >= 15 is 0 Å². The van der Waals surface area contributed by atoms with Crippen molar-refractivity contribution < 1.29 is 4.79 Å². The first-order valence-electron chi connectivity index (χ1n) is 6.94. The van der Waals surface area contributed by atoms with E-state index in [9.17, 15) is 4.79 Å². The molecule has 3 rings (SSSR count). The van der Waals surface area contributed by atoms with Crippen LogP contribution in [0.2, 0.25) is 0 Å². The van der Waals surface area contributed by atoms with Gasteiger partial charge in [-0.1, -0.05) is 11.8 Å². The van der Waals surface area contributed by atoms with Gasteiger partial charge < -0.3 is 5.32 Å². The van der Waals surface area contributed by atoms with Gasteiger partial charge in [0.15, 0.2) is 0 Å². The molecule has 21 heavy (non-hydrogen) atoms. The van der Waals surface area contributed by atoms with Crippen LogP contribution in [-0.4, -0.2) is 48.2 Å². The molecule has 1 aliphatic rings. The first-order valence-corrected chi connectivity index (χ1v) is 7.92. The van der Waals surface area contributed by atoms with Gasteiger partial charge in [-0.3, -0.25) is 9.48 Å². The zero-order chi connectivity index (χ0) is 14.7. The number of amides is 1. The van der Waals surface area contributed by atoms with E-state index in [4.69, 9.17) is 0 Å². The van der Waals surface area contributed by atoms with Crippen molar-refractivity contribution >= 4 is 17.7 Å². The third-order valence-corrected chi connectivity index (χ3v) is 4.44. The number of aryl methyl sites for hydroxylation is 2. The fraction of sp³-hybridized carbons (Fsp3) is 0.583. The second-order valence-corrected chi connectivity index (χ2v) is 5.94. The summed E-state index contributed by atoms with van der Waals surface area (Å²) < 4.78 is 3.55. The highest BCUT2D eigenvalue weighted by atomic mass is 32.2. The summed E-state index contributed by atoms with van der Waals surface area (Å²) in [5.41, 5.74) is 1.77. The number of nitrogens with zero attached hydrogens (tertiary/aromatic N) is 6. The summed E-state index contributed by atoms with van der Waals surface area (Å²) in [4.78, 5) is 12.2. The third-order valence-electron chi connectivity index (χ3n) is 3.43. The monoisotopic (exact) mass is 307 g/mol. The number of aromatic nitrogens is 6. The predicted octanol–water partition coefficient (Wildman–Crippen LogP) is 0.265. The van der Waals surface area contributed by atoms with Crippen molar-refractivity contribution in [3.63, 3.8) is 0 Å². The van der Waals surface area contributed by atoms with Crippen LogP contribution in [0, 0.1) is 0 Å². The van der Waals surface area contributed by atoms with Crippen molar-refractivity contribution in [2.24, 2.45) is 7.05 Å². The minimum atomic E-state index is -0.0464. The Morgan fingerprint density at radius 1 is 1.48 bits per heavy atom. The molecular weight excluding hydrogens is 290 g/mol. The molecule has 0 saturated heterocycles. The summed E-state index contributed by atoms with van der Waals surface area (Å²) in [5.74, 6) is 0.679. The molecule has 0 atom stereocenters. The second kappa shape index (κ2) is 6.25. The molecule has 0 bridgehead atoms. The quantitative estimate of drug-likeness (QED) is 0.629. The molecule has 2 aromatic heterocycles. The topological polar surface area (TPSA) is 90.5 Å². The maximum absolute atomic E-state index is 12.2. The highest BCUT2D eigenvalue weighted by molar-refractivity contribution is 7.99. The molecule has 1 aliphatic heterocycles. The number of fused-ring (bicyclic) bond motifs is 1. The third kappa shape index (κ3) is 3.07. The Bertz CT molecular complexity index is 635. The van der Waals surface area contributed by atoms with E-state index in [0.717, 1.165) is 42.4 Å². The molecule has 0 unspecified atom stereocenters. The van der Waals surface area contributed by atoms with Gasteiger partial charge in [-0.15, -0.1) is 5.10 Å². The fourth-order valence-electron chi connectivity index (χ4n) is 2.36. The zero-order valence-electron chi connectivity index (χ0n) is 11.8. The van der Waals surface area contributed by atoms with Gasteiger partial charge >= 0.3 is 0 Å². The Kier molecular flexibility index (Phi) is 4.18. The van der Waals surface area contributed by atoms with Crippen LogP contribution in [0.1, 0.15) is 28.9 Å². The molecule has 0 radical (unpaired) electrons. The average molecular weight is 307 g/mol. The number of tetrazole rings is 1. The van der Waals surface area contributed by atoms with Crippen molar-refractivity contribution in [2.45, 2.75) is 31.0 Å². The van der Waals surface area contributed by atoms with Gasteiger partial charge in [0.2, 0.25) is 5.16 Å². The number of rotatable bonds is 5. The molecule has 0 fully saturated rings. The Labute approximate surface area is 126 Å². The van der Waals surface area contributed by atoms with Crippen LogP contribution in [-0.2, 0) is 20.0 Å². The summed E-state index contributed by atoms with van der Waals surface area (Å²) >= 11 is 1.51. The molecule has 112 valence electrons. The molecule has 2 aromatic rings. The summed E-state index contributed by atoms with van der Waals surface area (Å²) in [5, 5.41) is 19.2. The molecular formula is C12H17N7OS. The predicted molar refractivity (Wildman–Crippen MR) is 77.0 cm³/mol. The van der Waals surface area contributed by atoms with Crippen molar-refractivity contribution in [3.05, 3.63) is 17.5 Å². The van der Waals surface area contributed by atoms with E-state index in [-0.39, 0.29) is 5.91 Å². The Morgan fingerprint density at radius 3 is 3.19 bits per heavy atom.